The van der Waals surface area contributed by atoms with Crippen molar-refractivity contribution in [1.29, 1.82) is 5.26 Å². The fourth-order valence-corrected chi connectivity index (χ4v) is 4.46. The van der Waals surface area contributed by atoms with Crippen molar-refractivity contribution in [3.05, 3.63) is 0 Å². The SMILES string of the molecule is N#CC1(NC2CCCCCC2)CC2CCC1C2. The number of hydrogen-bond acceptors (Lipinski definition) is 2. The van der Waals surface area contributed by atoms with Crippen LogP contribution in [-0.4, -0.2) is 11.6 Å². The Bertz CT molecular complexity index is 311. The second-order valence-electron chi connectivity index (χ2n) is 6.50. The summed E-state index contributed by atoms with van der Waals surface area (Å²) < 4.78 is 0. The summed E-state index contributed by atoms with van der Waals surface area (Å²) in [5, 5.41) is 13.4. The highest BCUT2D eigenvalue weighted by molar-refractivity contribution is 5.19. The number of fused-ring (bicyclic) bond motifs is 2. The first-order valence-corrected chi connectivity index (χ1v) is 7.51. The third kappa shape index (κ3) is 2.10. The van der Waals surface area contributed by atoms with E-state index in [-0.39, 0.29) is 5.54 Å². The van der Waals surface area contributed by atoms with E-state index < -0.39 is 0 Å². The minimum absolute atomic E-state index is 0.141. The highest BCUT2D eigenvalue weighted by Gasteiger charge is 2.51. The molecule has 3 aliphatic rings. The van der Waals surface area contributed by atoms with Gasteiger partial charge in [0.15, 0.2) is 0 Å². The van der Waals surface area contributed by atoms with Crippen LogP contribution in [0.4, 0.5) is 0 Å². The summed E-state index contributed by atoms with van der Waals surface area (Å²) in [6.45, 7) is 0. The maximum atomic E-state index is 9.63. The Balaban J connectivity index is 1.68. The molecule has 94 valence electrons. The summed E-state index contributed by atoms with van der Waals surface area (Å²) in [5.41, 5.74) is -0.141. The van der Waals surface area contributed by atoms with Crippen LogP contribution in [-0.2, 0) is 0 Å². The van der Waals surface area contributed by atoms with Gasteiger partial charge < -0.3 is 0 Å². The molecule has 3 saturated carbocycles. The van der Waals surface area contributed by atoms with Gasteiger partial charge in [-0.2, -0.15) is 5.26 Å². The van der Waals surface area contributed by atoms with Crippen LogP contribution in [0.25, 0.3) is 0 Å². The van der Waals surface area contributed by atoms with Gasteiger partial charge in [0.2, 0.25) is 0 Å². The molecule has 3 aliphatic carbocycles. The highest BCUT2D eigenvalue weighted by atomic mass is 15.0. The van der Waals surface area contributed by atoms with Crippen molar-refractivity contribution in [2.75, 3.05) is 0 Å². The van der Waals surface area contributed by atoms with E-state index in [0.29, 0.717) is 12.0 Å². The number of hydrogen-bond donors (Lipinski definition) is 1. The van der Waals surface area contributed by atoms with E-state index in [9.17, 15) is 5.26 Å². The quantitative estimate of drug-likeness (QED) is 0.741. The Labute approximate surface area is 105 Å². The molecular weight excluding hydrogens is 208 g/mol. The summed E-state index contributed by atoms with van der Waals surface area (Å²) in [4.78, 5) is 0. The average molecular weight is 232 g/mol. The summed E-state index contributed by atoms with van der Waals surface area (Å²) in [6, 6.07) is 3.29. The van der Waals surface area contributed by atoms with Crippen LogP contribution < -0.4 is 5.32 Å². The summed E-state index contributed by atoms with van der Waals surface area (Å²) in [5.74, 6) is 1.50. The van der Waals surface area contributed by atoms with E-state index in [2.05, 4.69) is 11.4 Å². The van der Waals surface area contributed by atoms with Crippen LogP contribution in [0.5, 0.6) is 0 Å². The maximum Gasteiger partial charge on any atom is 0.110 e. The minimum atomic E-state index is -0.141. The van der Waals surface area contributed by atoms with Gasteiger partial charge in [0.1, 0.15) is 5.54 Å². The highest BCUT2D eigenvalue weighted by Crippen LogP contribution is 2.50. The predicted octanol–water partition coefficient (Wildman–Crippen LogP) is 3.38. The second kappa shape index (κ2) is 4.61. The van der Waals surface area contributed by atoms with Crippen LogP contribution in [0.2, 0.25) is 0 Å². The molecule has 2 bridgehead atoms. The fourth-order valence-electron chi connectivity index (χ4n) is 4.46. The standard InChI is InChI=1S/C15H24N2/c16-11-15(10-12-7-8-13(15)9-12)17-14-5-3-1-2-4-6-14/h12-14,17H,1-10H2. The van der Waals surface area contributed by atoms with Crippen molar-refractivity contribution < 1.29 is 0 Å². The van der Waals surface area contributed by atoms with E-state index in [0.717, 1.165) is 12.3 Å². The van der Waals surface area contributed by atoms with Gasteiger partial charge in [0.05, 0.1) is 6.07 Å². The molecule has 1 N–H and O–H groups in total. The molecule has 0 spiro atoms. The third-order valence-electron chi connectivity index (χ3n) is 5.37. The molecule has 17 heavy (non-hydrogen) atoms. The lowest BCUT2D eigenvalue weighted by molar-refractivity contribution is 0.237. The molecule has 3 atom stereocenters. The van der Waals surface area contributed by atoms with E-state index in [4.69, 9.17) is 0 Å². The normalized spacial score (nSPS) is 42.3. The van der Waals surface area contributed by atoms with Gasteiger partial charge in [-0.15, -0.1) is 0 Å². The summed E-state index contributed by atoms with van der Waals surface area (Å²) >= 11 is 0. The molecule has 0 heterocycles. The molecule has 0 aromatic heterocycles. The Morgan fingerprint density at radius 2 is 1.76 bits per heavy atom. The van der Waals surface area contributed by atoms with E-state index in [1.807, 2.05) is 0 Å². The zero-order chi connectivity index (χ0) is 11.7. The van der Waals surface area contributed by atoms with E-state index in [1.54, 1.807) is 0 Å². The largest absolute Gasteiger partial charge is 0.296 e. The molecule has 0 saturated heterocycles. The van der Waals surface area contributed by atoms with E-state index in [1.165, 1.54) is 57.8 Å². The van der Waals surface area contributed by atoms with Gasteiger partial charge in [-0.25, -0.2) is 0 Å². The maximum absolute atomic E-state index is 9.63. The number of rotatable bonds is 2. The molecule has 0 aromatic rings. The molecule has 0 radical (unpaired) electrons. The van der Waals surface area contributed by atoms with Crippen LogP contribution in [0.3, 0.4) is 0 Å². The van der Waals surface area contributed by atoms with Crippen LogP contribution >= 0.6 is 0 Å². The smallest absolute Gasteiger partial charge is 0.110 e. The van der Waals surface area contributed by atoms with Crippen LogP contribution in [0, 0.1) is 23.2 Å². The van der Waals surface area contributed by atoms with Crippen LogP contribution in [0.15, 0.2) is 0 Å². The Morgan fingerprint density at radius 3 is 2.29 bits per heavy atom. The average Bonchev–Trinajstić information content (AvgIpc) is 2.84. The van der Waals surface area contributed by atoms with Gasteiger partial charge in [0.25, 0.3) is 0 Å². The number of nitrogens with one attached hydrogen (secondary N) is 1. The first kappa shape index (κ1) is 11.5. The number of nitriles is 1. The molecule has 3 fully saturated rings. The first-order valence-electron chi connectivity index (χ1n) is 7.51. The van der Waals surface area contributed by atoms with Gasteiger partial charge in [-0.3, -0.25) is 5.32 Å². The van der Waals surface area contributed by atoms with Gasteiger partial charge >= 0.3 is 0 Å². The van der Waals surface area contributed by atoms with Crippen molar-refractivity contribution in [1.82, 2.24) is 5.32 Å². The third-order valence-corrected chi connectivity index (χ3v) is 5.37. The number of nitrogens with zero attached hydrogens (tertiary/aromatic N) is 1. The van der Waals surface area contributed by atoms with Crippen molar-refractivity contribution in [2.45, 2.75) is 75.8 Å². The first-order chi connectivity index (χ1) is 8.32. The Hall–Kier alpha value is -0.550. The zero-order valence-corrected chi connectivity index (χ0v) is 10.8. The van der Waals surface area contributed by atoms with Crippen molar-refractivity contribution >= 4 is 0 Å². The second-order valence-corrected chi connectivity index (χ2v) is 6.50. The predicted molar refractivity (Wildman–Crippen MR) is 68.4 cm³/mol. The lowest BCUT2D eigenvalue weighted by Gasteiger charge is -2.35. The molecule has 0 aliphatic heterocycles. The van der Waals surface area contributed by atoms with Crippen LogP contribution in [0.1, 0.15) is 64.2 Å². The fraction of sp³-hybridized carbons (Fsp3) is 0.933. The zero-order valence-electron chi connectivity index (χ0n) is 10.8. The van der Waals surface area contributed by atoms with Gasteiger partial charge in [0, 0.05) is 6.04 Å². The summed E-state index contributed by atoms with van der Waals surface area (Å²) in [7, 11) is 0. The molecule has 2 heteroatoms. The molecule has 3 unspecified atom stereocenters. The van der Waals surface area contributed by atoms with Gasteiger partial charge in [-0.1, -0.05) is 25.7 Å². The molecule has 0 amide bonds. The van der Waals surface area contributed by atoms with Crippen molar-refractivity contribution in [2.24, 2.45) is 11.8 Å². The summed E-state index contributed by atoms with van der Waals surface area (Å²) in [6.07, 6.45) is 13.2. The molecule has 2 nitrogen and oxygen atoms in total. The van der Waals surface area contributed by atoms with Crippen molar-refractivity contribution in [3.8, 4) is 6.07 Å². The van der Waals surface area contributed by atoms with Gasteiger partial charge in [-0.05, 0) is 50.4 Å². The lowest BCUT2D eigenvalue weighted by Crippen LogP contribution is -2.52. The van der Waals surface area contributed by atoms with E-state index >= 15 is 0 Å². The minimum Gasteiger partial charge on any atom is -0.296 e. The molecular formula is C15H24N2. The Kier molecular flexibility index (Phi) is 3.13. The molecule has 3 rings (SSSR count). The molecule has 0 aromatic carbocycles. The van der Waals surface area contributed by atoms with Crippen molar-refractivity contribution in [3.63, 3.8) is 0 Å². The topological polar surface area (TPSA) is 35.8 Å². The monoisotopic (exact) mass is 232 g/mol. The lowest BCUT2D eigenvalue weighted by atomic mass is 9.81. The Morgan fingerprint density at radius 1 is 1.00 bits per heavy atom.